The first-order valence-corrected chi connectivity index (χ1v) is 11.0. The number of hydrogen-bond acceptors (Lipinski definition) is 4. The number of likely N-dealkylation sites (tertiary alicyclic amines) is 1. The number of alkyl halides is 3. The van der Waals surface area contributed by atoms with E-state index in [9.17, 15) is 23.1 Å². The fourth-order valence-corrected chi connectivity index (χ4v) is 4.73. The van der Waals surface area contributed by atoms with Crippen molar-refractivity contribution in [2.45, 2.75) is 51.4 Å². The quantitative estimate of drug-likeness (QED) is 0.377. The molecule has 1 saturated heterocycles. The molecule has 2 heterocycles. The second-order valence-corrected chi connectivity index (χ2v) is 8.49. The molecular formula is C24H24BrClF3NO3. The van der Waals surface area contributed by atoms with Gasteiger partial charge in [-0.15, -0.1) is 17.0 Å². The van der Waals surface area contributed by atoms with Crippen LogP contribution in [0, 0.1) is 0 Å². The summed E-state index contributed by atoms with van der Waals surface area (Å²) < 4.78 is 47.5. The highest BCUT2D eigenvalue weighted by molar-refractivity contribution is 8.93. The largest absolute Gasteiger partial charge is 0.507 e. The molecule has 0 radical (unpaired) electrons. The van der Waals surface area contributed by atoms with E-state index in [2.05, 4.69) is 11.8 Å². The summed E-state index contributed by atoms with van der Waals surface area (Å²) in [5, 5.41) is 10.5. The van der Waals surface area contributed by atoms with Crippen molar-refractivity contribution in [1.29, 1.82) is 0 Å². The predicted molar refractivity (Wildman–Crippen MR) is 128 cm³/mol. The van der Waals surface area contributed by atoms with Gasteiger partial charge < -0.3 is 9.52 Å². The molecular weight excluding hydrogens is 523 g/mol. The predicted octanol–water partition coefficient (Wildman–Crippen LogP) is 7.18. The molecule has 1 aromatic heterocycles. The molecule has 4 rings (SSSR count). The van der Waals surface area contributed by atoms with E-state index in [-0.39, 0.29) is 62.4 Å². The molecule has 178 valence electrons. The average Bonchev–Trinajstić information content (AvgIpc) is 2.76. The Morgan fingerprint density at radius 1 is 1.18 bits per heavy atom. The fourth-order valence-electron chi connectivity index (χ4n) is 4.50. The third kappa shape index (κ3) is 4.93. The Balaban J connectivity index is 0.00000306. The molecule has 2 aromatic carbocycles. The number of rotatable bonds is 4. The van der Waals surface area contributed by atoms with Crippen molar-refractivity contribution in [3.05, 3.63) is 63.0 Å². The van der Waals surface area contributed by atoms with Crippen LogP contribution in [-0.2, 0) is 12.7 Å². The average molecular weight is 547 g/mol. The van der Waals surface area contributed by atoms with Crippen molar-refractivity contribution in [3.63, 3.8) is 0 Å². The lowest BCUT2D eigenvalue weighted by molar-refractivity contribution is -0.152. The molecule has 0 saturated carbocycles. The molecule has 1 N–H and O–H groups in total. The molecule has 1 atom stereocenters. The van der Waals surface area contributed by atoms with Gasteiger partial charge in [0.2, 0.25) is 11.2 Å². The van der Waals surface area contributed by atoms with Gasteiger partial charge in [0.05, 0.1) is 16.5 Å². The SMILES string of the molecule is Br.CCC1CCCCN1Cc1c(O)ccc2c(=O)c(-c3ccccc3Cl)c(C(F)(F)F)oc12. The van der Waals surface area contributed by atoms with Gasteiger partial charge in [-0.1, -0.05) is 43.1 Å². The first kappa shape index (κ1) is 25.6. The van der Waals surface area contributed by atoms with Crippen molar-refractivity contribution in [2.24, 2.45) is 0 Å². The van der Waals surface area contributed by atoms with Gasteiger partial charge in [0.25, 0.3) is 0 Å². The second-order valence-electron chi connectivity index (χ2n) is 8.08. The Bertz CT molecular complexity index is 1210. The second kappa shape index (κ2) is 10.1. The summed E-state index contributed by atoms with van der Waals surface area (Å²) in [6.07, 6.45) is -1.00. The third-order valence-corrected chi connectivity index (χ3v) is 6.45. The summed E-state index contributed by atoms with van der Waals surface area (Å²) in [6, 6.07) is 8.75. The Morgan fingerprint density at radius 3 is 2.58 bits per heavy atom. The number of phenolic OH excluding ortho intramolecular Hbond substituents is 1. The normalized spacial score (nSPS) is 17.2. The topological polar surface area (TPSA) is 53.7 Å². The van der Waals surface area contributed by atoms with Gasteiger partial charge in [0.1, 0.15) is 11.3 Å². The minimum Gasteiger partial charge on any atom is -0.507 e. The van der Waals surface area contributed by atoms with Crippen LogP contribution in [0.1, 0.15) is 43.9 Å². The Labute approximate surface area is 204 Å². The molecule has 33 heavy (non-hydrogen) atoms. The summed E-state index contributed by atoms with van der Waals surface area (Å²) >= 11 is 6.13. The molecule has 1 unspecified atom stereocenters. The van der Waals surface area contributed by atoms with Gasteiger partial charge in [-0.05, 0) is 44.0 Å². The summed E-state index contributed by atoms with van der Waals surface area (Å²) in [6.45, 7) is 3.03. The van der Waals surface area contributed by atoms with Crippen LogP contribution < -0.4 is 5.43 Å². The lowest BCUT2D eigenvalue weighted by atomic mass is 9.97. The van der Waals surface area contributed by atoms with Gasteiger partial charge in [0.15, 0.2) is 0 Å². The van der Waals surface area contributed by atoms with E-state index in [0.717, 1.165) is 32.2 Å². The van der Waals surface area contributed by atoms with E-state index in [4.69, 9.17) is 16.0 Å². The van der Waals surface area contributed by atoms with Gasteiger partial charge in [-0.2, -0.15) is 13.2 Å². The highest BCUT2D eigenvalue weighted by Gasteiger charge is 2.40. The molecule has 3 aromatic rings. The maximum atomic E-state index is 14.0. The number of piperidine rings is 1. The molecule has 0 aliphatic carbocycles. The van der Waals surface area contributed by atoms with Crippen molar-refractivity contribution >= 4 is 39.6 Å². The number of hydrogen-bond donors (Lipinski definition) is 1. The zero-order valence-electron chi connectivity index (χ0n) is 17.9. The van der Waals surface area contributed by atoms with Crippen LogP contribution in [0.15, 0.2) is 45.6 Å². The van der Waals surface area contributed by atoms with Crippen molar-refractivity contribution < 1.29 is 22.7 Å². The summed E-state index contributed by atoms with van der Waals surface area (Å²) in [5.74, 6) is -1.61. The van der Waals surface area contributed by atoms with Gasteiger partial charge >= 0.3 is 6.18 Å². The first-order chi connectivity index (χ1) is 15.2. The van der Waals surface area contributed by atoms with Gasteiger partial charge in [-0.3, -0.25) is 9.69 Å². The molecule has 0 bridgehead atoms. The highest BCUT2D eigenvalue weighted by atomic mass is 79.9. The van der Waals surface area contributed by atoms with Gasteiger partial charge in [-0.25, -0.2) is 0 Å². The summed E-state index contributed by atoms with van der Waals surface area (Å²) in [7, 11) is 0. The molecule has 0 amide bonds. The number of phenols is 1. The van der Waals surface area contributed by atoms with Crippen molar-refractivity contribution in [2.75, 3.05) is 6.54 Å². The van der Waals surface area contributed by atoms with E-state index in [1.165, 1.54) is 30.3 Å². The summed E-state index contributed by atoms with van der Waals surface area (Å²) in [4.78, 5) is 15.4. The van der Waals surface area contributed by atoms with E-state index in [0.29, 0.717) is 0 Å². The number of fused-ring (bicyclic) bond motifs is 1. The van der Waals surface area contributed by atoms with Gasteiger partial charge in [0, 0.05) is 23.2 Å². The first-order valence-electron chi connectivity index (χ1n) is 10.6. The van der Waals surface area contributed by atoms with Crippen molar-refractivity contribution in [3.8, 4) is 16.9 Å². The number of nitrogens with zero attached hydrogens (tertiary/aromatic N) is 1. The van der Waals surface area contributed by atoms with Crippen LogP contribution in [0.25, 0.3) is 22.1 Å². The molecule has 4 nitrogen and oxygen atoms in total. The van der Waals surface area contributed by atoms with Crippen LogP contribution in [0.2, 0.25) is 5.02 Å². The zero-order chi connectivity index (χ0) is 23.0. The molecule has 1 fully saturated rings. The highest BCUT2D eigenvalue weighted by Crippen LogP contribution is 2.41. The van der Waals surface area contributed by atoms with Crippen LogP contribution >= 0.6 is 28.6 Å². The molecule has 1 aliphatic heterocycles. The lowest BCUT2D eigenvalue weighted by Crippen LogP contribution is -2.38. The molecule has 9 heteroatoms. The Hall–Kier alpha value is -2.03. The smallest absolute Gasteiger partial charge is 0.450 e. The van der Waals surface area contributed by atoms with Crippen LogP contribution in [0.3, 0.4) is 0 Å². The van der Waals surface area contributed by atoms with E-state index in [1.807, 2.05) is 0 Å². The maximum Gasteiger partial charge on any atom is 0.450 e. The Morgan fingerprint density at radius 2 is 1.91 bits per heavy atom. The number of halogens is 5. The Kier molecular flexibility index (Phi) is 7.81. The molecule has 0 spiro atoms. The zero-order valence-corrected chi connectivity index (χ0v) is 20.4. The molecule has 1 aliphatic rings. The lowest BCUT2D eigenvalue weighted by Gasteiger charge is -2.35. The fraction of sp³-hybridized carbons (Fsp3) is 0.375. The van der Waals surface area contributed by atoms with Crippen LogP contribution in [0.4, 0.5) is 13.2 Å². The van der Waals surface area contributed by atoms with Crippen LogP contribution in [-0.4, -0.2) is 22.6 Å². The third-order valence-electron chi connectivity index (χ3n) is 6.12. The van der Waals surface area contributed by atoms with Crippen LogP contribution in [0.5, 0.6) is 5.75 Å². The van der Waals surface area contributed by atoms with Crippen molar-refractivity contribution in [1.82, 2.24) is 4.90 Å². The maximum absolute atomic E-state index is 14.0. The van der Waals surface area contributed by atoms with E-state index < -0.39 is 22.9 Å². The standard InChI is InChI=1S/C24H23ClF3NO3.BrH/c1-2-14-7-5-6-12-29(14)13-17-19(30)11-10-16-21(31)20(15-8-3-4-9-18(15)25)23(24(26,27)28)32-22(16)17;/h3-4,8-11,14,30H,2,5-7,12-13H2,1H3;1H. The number of benzene rings is 2. The summed E-state index contributed by atoms with van der Waals surface area (Å²) in [5.41, 5.74) is -1.56. The monoisotopic (exact) mass is 545 g/mol. The van der Waals surface area contributed by atoms with E-state index in [1.54, 1.807) is 6.07 Å². The minimum atomic E-state index is -4.93. The number of aromatic hydroxyl groups is 1. The van der Waals surface area contributed by atoms with E-state index >= 15 is 0 Å². The minimum absolute atomic E-state index is 0.